The molecule has 6 nitrogen and oxygen atoms in total. The van der Waals surface area contributed by atoms with E-state index in [9.17, 15) is 13.2 Å². The van der Waals surface area contributed by atoms with E-state index in [2.05, 4.69) is 15.3 Å². The predicted molar refractivity (Wildman–Crippen MR) is 72.6 cm³/mol. The number of carbonyl (C=O) groups excluding carboxylic acids is 1. The fourth-order valence-electron chi connectivity index (χ4n) is 1.21. The summed E-state index contributed by atoms with van der Waals surface area (Å²) >= 11 is 0. The summed E-state index contributed by atoms with van der Waals surface area (Å²) in [6.45, 7) is 6.74. The van der Waals surface area contributed by atoms with Crippen molar-refractivity contribution < 1.29 is 13.2 Å². The number of aromatic nitrogens is 2. The third kappa shape index (κ3) is 4.27. The van der Waals surface area contributed by atoms with E-state index in [0.717, 1.165) is 0 Å². The van der Waals surface area contributed by atoms with Crippen molar-refractivity contribution >= 4 is 15.7 Å². The van der Waals surface area contributed by atoms with Gasteiger partial charge in [0, 0.05) is 12.7 Å². The Balaban J connectivity index is 2.55. The maximum atomic E-state index is 11.8. The third-order valence-corrected chi connectivity index (χ3v) is 5.21. The van der Waals surface area contributed by atoms with Crippen LogP contribution >= 0.6 is 0 Å². The normalized spacial score (nSPS) is 12.2. The molecular formula is C12H19N3O3S. The number of carbonyl (C=O) groups is 1. The highest BCUT2D eigenvalue weighted by atomic mass is 32.2. The maximum absolute atomic E-state index is 11.8. The van der Waals surface area contributed by atoms with Crippen molar-refractivity contribution in [2.75, 3.05) is 12.3 Å². The summed E-state index contributed by atoms with van der Waals surface area (Å²) in [6.07, 6.45) is 2.85. The Morgan fingerprint density at radius 1 is 1.26 bits per heavy atom. The number of sulfone groups is 1. The molecule has 0 unspecified atom stereocenters. The van der Waals surface area contributed by atoms with Gasteiger partial charge in [-0.25, -0.2) is 13.4 Å². The van der Waals surface area contributed by atoms with E-state index >= 15 is 0 Å². The lowest BCUT2D eigenvalue weighted by atomic mass is 10.3. The molecule has 0 radical (unpaired) electrons. The van der Waals surface area contributed by atoms with Gasteiger partial charge in [-0.3, -0.25) is 9.78 Å². The van der Waals surface area contributed by atoms with Crippen LogP contribution in [0.3, 0.4) is 0 Å². The van der Waals surface area contributed by atoms with Crippen LogP contribution in [0.1, 0.15) is 37.0 Å². The van der Waals surface area contributed by atoms with Crippen LogP contribution in [0.2, 0.25) is 0 Å². The molecule has 0 aliphatic rings. The molecule has 1 amide bonds. The number of nitrogens with one attached hydrogen (secondary N) is 1. The molecular weight excluding hydrogens is 266 g/mol. The van der Waals surface area contributed by atoms with E-state index in [-0.39, 0.29) is 18.0 Å². The van der Waals surface area contributed by atoms with E-state index < -0.39 is 20.5 Å². The number of amides is 1. The molecule has 106 valence electrons. The van der Waals surface area contributed by atoms with E-state index in [4.69, 9.17) is 0 Å². The van der Waals surface area contributed by atoms with Crippen molar-refractivity contribution in [2.24, 2.45) is 0 Å². The molecule has 7 heteroatoms. The second kappa shape index (κ2) is 5.64. The summed E-state index contributed by atoms with van der Waals surface area (Å²) in [7, 11) is -3.23. The van der Waals surface area contributed by atoms with Crippen molar-refractivity contribution in [2.45, 2.75) is 32.4 Å². The zero-order chi connectivity index (χ0) is 14.7. The summed E-state index contributed by atoms with van der Waals surface area (Å²) in [5.74, 6) is -0.516. The van der Waals surface area contributed by atoms with Gasteiger partial charge >= 0.3 is 0 Å². The average molecular weight is 285 g/mol. The highest BCUT2D eigenvalue weighted by Crippen LogP contribution is 2.15. The standard InChI is InChI=1S/C12H19N3O3S/c1-9-7-15-10(8-14-9)11(16)13-5-6-19(17,18)12(2,3)4/h7-8H,5-6H2,1-4H3,(H,13,16). The molecule has 0 aliphatic heterocycles. The molecule has 1 heterocycles. The SMILES string of the molecule is Cc1cnc(C(=O)NCCS(=O)(=O)C(C)(C)C)cn1. The lowest BCUT2D eigenvalue weighted by Gasteiger charge is -2.19. The smallest absolute Gasteiger partial charge is 0.271 e. The van der Waals surface area contributed by atoms with Crippen LogP contribution in [0.5, 0.6) is 0 Å². The van der Waals surface area contributed by atoms with Crippen LogP contribution in [0.15, 0.2) is 12.4 Å². The van der Waals surface area contributed by atoms with Gasteiger partial charge in [0.25, 0.3) is 5.91 Å². The van der Waals surface area contributed by atoms with E-state index in [1.54, 1.807) is 27.7 Å². The molecule has 0 fully saturated rings. The lowest BCUT2D eigenvalue weighted by molar-refractivity contribution is 0.0950. The van der Waals surface area contributed by atoms with Gasteiger partial charge in [0.05, 0.1) is 22.4 Å². The number of aryl methyl sites for hydroxylation is 1. The summed E-state index contributed by atoms with van der Waals surface area (Å²) in [4.78, 5) is 19.6. The van der Waals surface area contributed by atoms with Crippen LogP contribution in [0.4, 0.5) is 0 Å². The molecule has 19 heavy (non-hydrogen) atoms. The summed E-state index contributed by atoms with van der Waals surface area (Å²) in [5.41, 5.74) is 0.894. The predicted octanol–water partition coefficient (Wildman–Crippen LogP) is 0.728. The maximum Gasteiger partial charge on any atom is 0.271 e. The van der Waals surface area contributed by atoms with Crippen molar-refractivity contribution in [3.05, 3.63) is 23.8 Å². The topological polar surface area (TPSA) is 89.0 Å². The van der Waals surface area contributed by atoms with Gasteiger partial charge in [-0.2, -0.15) is 0 Å². The van der Waals surface area contributed by atoms with Gasteiger partial charge in [-0.05, 0) is 27.7 Å². The van der Waals surface area contributed by atoms with Gasteiger partial charge in [0.1, 0.15) is 5.69 Å². The van der Waals surface area contributed by atoms with Crippen LogP contribution in [0, 0.1) is 6.92 Å². The fraction of sp³-hybridized carbons (Fsp3) is 0.583. The molecule has 0 bridgehead atoms. The highest BCUT2D eigenvalue weighted by Gasteiger charge is 2.28. The second-order valence-corrected chi connectivity index (χ2v) is 8.09. The molecule has 0 saturated heterocycles. The van der Waals surface area contributed by atoms with Gasteiger partial charge in [0.15, 0.2) is 9.84 Å². The van der Waals surface area contributed by atoms with Gasteiger partial charge in [0.2, 0.25) is 0 Å². The highest BCUT2D eigenvalue weighted by molar-refractivity contribution is 7.92. The molecule has 1 aromatic heterocycles. The van der Waals surface area contributed by atoms with Crippen LogP contribution in [-0.4, -0.2) is 41.3 Å². The van der Waals surface area contributed by atoms with Crippen LogP contribution < -0.4 is 5.32 Å². The quantitative estimate of drug-likeness (QED) is 0.881. The first kappa shape index (κ1) is 15.6. The lowest BCUT2D eigenvalue weighted by Crippen LogP contribution is -2.36. The molecule has 0 aliphatic carbocycles. The minimum absolute atomic E-state index is 0.0635. The molecule has 0 spiro atoms. The largest absolute Gasteiger partial charge is 0.350 e. The molecule has 1 N–H and O–H groups in total. The number of nitrogens with zero attached hydrogens (tertiary/aromatic N) is 2. The number of hydrogen-bond donors (Lipinski definition) is 1. The summed E-state index contributed by atoms with van der Waals surface area (Å²) < 4.78 is 22.9. The van der Waals surface area contributed by atoms with Crippen LogP contribution in [0.25, 0.3) is 0 Å². The molecule has 1 aromatic rings. The molecule has 0 atom stereocenters. The van der Waals surface area contributed by atoms with E-state index in [0.29, 0.717) is 5.69 Å². The van der Waals surface area contributed by atoms with Gasteiger partial charge < -0.3 is 5.32 Å². The van der Waals surface area contributed by atoms with Gasteiger partial charge in [-0.1, -0.05) is 0 Å². The van der Waals surface area contributed by atoms with Gasteiger partial charge in [-0.15, -0.1) is 0 Å². The number of rotatable bonds is 4. The summed E-state index contributed by atoms with van der Waals surface area (Å²) in [5, 5.41) is 2.53. The Morgan fingerprint density at radius 2 is 1.89 bits per heavy atom. The van der Waals surface area contributed by atoms with Crippen molar-refractivity contribution in [1.29, 1.82) is 0 Å². The Labute approximate surface area is 113 Å². The first-order valence-corrected chi connectivity index (χ1v) is 7.58. The zero-order valence-corrected chi connectivity index (χ0v) is 12.4. The van der Waals surface area contributed by atoms with E-state index in [1.807, 2.05) is 0 Å². The van der Waals surface area contributed by atoms with Crippen LogP contribution in [-0.2, 0) is 9.84 Å². The van der Waals surface area contributed by atoms with E-state index in [1.165, 1.54) is 12.4 Å². The minimum atomic E-state index is -3.23. The fourth-order valence-corrected chi connectivity index (χ4v) is 2.19. The monoisotopic (exact) mass is 285 g/mol. The first-order valence-electron chi connectivity index (χ1n) is 5.92. The Morgan fingerprint density at radius 3 is 2.37 bits per heavy atom. The minimum Gasteiger partial charge on any atom is -0.350 e. The van der Waals surface area contributed by atoms with Crippen molar-refractivity contribution in [1.82, 2.24) is 15.3 Å². The molecule has 1 rings (SSSR count). The van der Waals surface area contributed by atoms with Crippen molar-refractivity contribution in [3.8, 4) is 0 Å². The third-order valence-electron chi connectivity index (χ3n) is 2.60. The summed E-state index contributed by atoms with van der Waals surface area (Å²) in [6, 6.07) is 0. The second-order valence-electron chi connectivity index (χ2n) is 5.23. The Bertz CT molecular complexity index is 545. The Kier molecular flexibility index (Phi) is 4.62. The zero-order valence-electron chi connectivity index (χ0n) is 11.6. The number of hydrogen-bond acceptors (Lipinski definition) is 5. The Hall–Kier alpha value is -1.50. The first-order chi connectivity index (χ1) is 8.63. The molecule has 0 saturated carbocycles. The average Bonchev–Trinajstić information content (AvgIpc) is 2.28. The van der Waals surface area contributed by atoms with Crippen molar-refractivity contribution in [3.63, 3.8) is 0 Å². The molecule has 0 aromatic carbocycles.